The average Bonchev–Trinajstić information content (AvgIpc) is 3.04. The summed E-state index contributed by atoms with van der Waals surface area (Å²) in [6, 6.07) is 5.12. The molecule has 0 unspecified atom stereocenters. The Morgan fingerprint density at radius 3 is 2.83 bits per heavy atom. The number of nitrogens with zero attached hydrogens (tertiary/aromatic N) is 2. The minimum atomic E-state index is -0.273. The van der Waals surface area contributed by atoms with Gasteiger partial charge >= 0.3 is 0 Å². The number of hydrogen-bond donors (Lipinski definition) is 1. The number of methoxy groups -OCH3 is 1. The first-order chi connectivity index (χ1) is 14.5. The Kier molecular flexibility index (Phi) is 8.20. The van der Waals surface area contributed by atoms with E-state index in [1.165, 1.54) is 17.8 Å². The second kappa shape index (κ2) is 10.6. The molecule has 1 aliphatic rings. The average molecular weight is 436 g/mol. The van der Waals surface area contributed by atoms with Crippen LogP contribution < -0.4 is 5.32 Å². The van der Waals surface area contributed by atoms with Crippen molar-refractivity contribution in [1.29, 1.82) is 0 Å². The fraction of sp³-hybridized carbons (Fsp3) is 0.609. The number of hydrogen-bond acceptors (Lipinski definition) is 4. The van der Waals surface area contributed by atoms with Crippen LogP contribution in [0.3, 0.4) is 0 Å². The summed E-state index contributed by atoms with van der Waals surface area (Å²) in [5.74, 6) is -0.225. The largest absolute Gasteiger partial charge is 0.385 e. The van der Waals surface area contributed by atoms with Gasteiger partial charge < -0.3 is 19.5 Å². The number of aryl methyl sites for hydroxylation is 1. The third kappa shape index (κ3) is 4.84. The van der Waals surface area contributed by atoms with Crippen molar-refractivity contribution in [1.82, 2.24) is 14.8 Å². The molecule has 1 aromatic carbocycles. The lowest BCUT2D eigenvalue weighted by atomic mass is 10.0. The van der Waals surface area contributed by atoms with Crippen LogP contribution in [-0.4, -0.2) is 60.5 Å². The molecule has 5 nitrogen and oxygen atoms in total. The molecule has 0 bridgehead atoms. The normalized spacial score (nSPS) is 17.1. The minimum Gasteiger partial charge on any atom is -0.385 e. The van der Waals surface area contributed by atoms with Crippen LogP contribution in [0.1, 0.15) is 50.0 Å². The predicted molar refractivity (Wildman–Crippen MR) is 122 cm³/mol. The first-order valence-electron chi connectivity index (χ1n) is 10.9. The highest BCUT2D eigenvalue weighted by Crippen LogP contribution is 2.36. The number of aromatic nitrogens is 1. The summed E-state index contributed by atoms with van der Waals surface area (Å²) in [5, 5.41) is 4.26. The quantitative estimate of drug-likeness (QED) is 0.464. The molecule has 1 aliphatic heterocycles. The molecule has 2 heterocycles. The molecule has 0 radical (unpaired) electrons. The molecule has 0 spiro atoms. The fourth-order valence-corrected chi connectivity index (χ4v) is 5.25. The lowest BCUT2D eigenvalue weighted by Crippen LogP contribution is -2.52. The summed E-state index contributed by atoms with van der Waals surface area (Å²) < 4.78 is 21.4. The van der Waals surface area contributed by atoms with E-state index in [1.807, 2.05) is 11.2 Å². The van der Waals surface area contributed by atoms with Gasteiger partial charge in [0.05, 0.1) is 0 Å². The third-order valence-electron chi connectivity index (χ3n) is 5.82. The number of fused-ring (bicyclic) bond motifs is 1. The van der Waals surface area contributed by atoms with E-state index >= 15 is 0 Å². The molecular formula is C23H34FN3O2S. The topological polar surface area (TPSA) is 46.5 Å². The van der Waals surface area contributed by atoms with Crippen molar-refractivity contribution in [2.24, 2.45) is 0 Å². The highest BCUT2D eigenvalue weighted by atomic mass is 32.2. The molecule has 3 rings (SSSR count). The first-order valence-corrected chi connectivity index (χ1v) is 12.1. The van der Waals surface area contributed by atoms with Crippen LogP contribution in [0.5, 0.6) is 0 Å². The van der Waals surface area contributed by atoms with E-state index in [1.54, 1.807) is 19.2 Å². The molecule has 1 N–H and O–H groups in total. The highest BCUT2D eigenvalue weighted by Gasteiger charge is 2.33. The van der Waals surface area contributed by atoms with Crippen LogP contribution in [0.2, 0.25) is 0 Å². The van der Waals surface area contributed by atoms with Crippen molar-refractivity contribution in [3.63, 3.8) is 0 Å². The first kappa shape index (κ1) is 23.1. The predicted octanol–water partition coefficient (Wildman–Crippen LogP) is 4.53. The van der Waals surface area contributed by atoms with Crippen LogP contribution in [0.25, 0.3) is 10.9 Å². The van der Waals surface area contributed by atoms with E-state index in [4.69, 9.17) is 4.74 Å². The number of ether oxygens (including phenoxy) is 1. The van der Waals surface area contributed by atoms with E-state index in [-0.39, 0.29) is 23.8 Å². The Balaban J connectivity index is 2.07. The lowest BCUT2D eigenvalue weighted by Gasteiger charge is -2.38. The molecule has 7 heteroatoms. The standard InChI is InChI=1S/C23H34FN3O2S/c1-16(2)27(18-8-7-11-25-15-18)23(28)21-22(30-4)19-14-17(24)9-10-20(19)26(21)12-5-6-13-29-3/h9-10,14,16,18,25H,5-8,11-13,15H2,1-4H3/t18-/m1/s1. The maximum atomic E-state index is 14.1. The van der Waals surface area contributed by atoms with E-state index < -0.39 is 0 Å². The molecule has 1 atom stereocenters. The van der Waals surface area contributed by atoms with Gasteiger partial charge in [-0.05, 0) is 70.5 Å². The third-order valence-corrected chi connectivity index (χ3v) is 6.64. The zero-order valence-corrected chi connectivity index (χ0v) is 19.4. The molecule has 30 heavy (non-hydrogen) atoms. The molecule has 0 saturated carbocycles. The van der Waals surface area contributed by atoms with Crippen LogP contribution in [0.4, 0.5) is 4.39 Å². The summed E-state index contributed by atoms with van der Waals surface area (Å²) in [6.45, 7) is 7.39. The maximum absolute atomic E-state index is 14.1. The minimum absolute atomic E-state index is 0.0476. The summed E-state index contributed by atoms with van der Waals surface area (Å²) in [5.41, 5.74) is 1.62. The lowest BCUT2D eigenvalue weighted by molar-refractivity contribution is 0.0558. The van der Waals surface area contributed by atoms with Gasteiger partial charge in [0, 0.05) is 54.7 Å². The number of carbonyl (C=O) groups is 1. The van der Waals surface area contributed by atoms with Gasteiger partial charge in [-0.15, -0.1) is 11.8 Å². The van der Waals surface area contributed by atoms with Gasteiger partial charge in [0.15, 0.2) is 0 Å². The smallest absolute Gasteiger partial charge is 0.272 e. The summed E-state index contributed by atoms with van der Waals surface area (Å²) in [6.07, 6.45) is 5.86. The van der Waals surface area contributed by atoms with E-state index in [9.17, 15) is 9.18 Å². The molecule has 2 aromatic rings. The Hall–Kier alpha value is -1.57. The Morgan fingerprint density at radius 1 is 1.40 bits per heavy atom. The van der Waals surface area contributed by atoms with Gasteiger partial charge in [-0.25, -0.2) is 4.39 Å². The van der Waals surface area contributed by atoms with Gasteiger partial charge in [-0.2, -0.15) is 0 Å². The van der Waals surface area contributed by atoms with Crippen molar-refractivity contribution in [2.45, 2.75) is 63.1 Å². The van der Waals surface area contributed by atoms with E-state index in [0.29, 0.717) is 18.8 Å². The van der Waals surface area contributed by atoms with Gasteiger partial charge in [-0.3, -0.25) is 4.79 Å². The molecule has 1 aromatic heterocycles. The molecule has 1 saturated heterocycles. The Labute approximate surface area is 183 Å². The Bertz CT molecular complexity index is 862. The number of carbonyl (C=O) groups excluding carboxylic acids is 1. The number of piperidine rings is 1. The zero-order valence-electron chi connectivity index (χ0n) is 18.5. The molecular weight excluding hydrogens is 401 g/mol. The second-order valence-corrected chi connectivity index (χ2v) is 9.02. The zero-order chi connectivity index (χ0) is 21.7. The van der Waals surface area contributed by atoms with Gasteiger partial charge in [0.1, 0.15) is 11.5 Å². The summed E-state index contributed by atoms with van der Waals surface area (Å²) in [7, 11) is 1.70. The number of amides is 1. The van der Waals surface area contributed by atoms with Crippen LogP contribution in [-0.2, 0) is 11.3 Å². The van der Waals surface area contributed by atoms with Crippen molar-refractivity contribution in [3.8, 4) is 0 Å². The number of thioether (sulfide) groups is 1. The number of halogens is 1. The maximum Gasteiger partial charge on any atom is 0.272 e. The Morgan fingerprint density at radius 2 is 2.20 bits per heavy atom. The van der Waals surface area contributed by atoms with Crippen LogP contribution >= 0.6 is 11.8 Å². The second-order valence-electron chi connectivity index (χ2n) is 8.20. The number of benzene rings is 1. The van der Waals surface area contributed by atoms with E-state index in [0.717, 1.165) is 54.6 Å². The van der Waals surface area contributed by atoms with Crippen molar-refractivity contribution < 1.29 is 13.9 Å². The van der Waals surface area contributed by atoms with Gasteiger partial charge in [-0.1, -0.05) is 0 Å². The summed E-state index contributed by atoms with van der Waals surface area (Å²) >= 11 is 1.53. The molecule has 1 fully saturated rings. The number of unbranched alkanes of at least 4 members (excludes halogenated alkanes) is 1. The highest BCUT2D eigenvalue weighted by molar-refractivity contribution is 7.99. The van der Waals surface area contributed by atoms with Crippen molar-refractivity contribution in [3.05, 3.63) is 29.7 Å². The van der Waals surface area contributed by atoms with Gasteiger partial charge in [0.2, 0.25) is 0 Å². The summed E-state index contributed by atoms with van der Waals surface area (Å²) in [4.78, 5) is 16.9. The van der Waals surface area contributed by atoms with E-state index in [2.05, 4.69) is 23.7 Å². The number of nitrogens with one attached hydrogen (secondary N) is 1. The number of rotatable bonds is 9. The molecule has 1 amide bonds. The van der Waals surface area contributed by atoms with Crippen molar-refractivity contribution in [2.75, 3.05) is 33.1 Å². The fourth-order valence-electron chi connectivity index (χ4n) is 4.48. The van der Waals surface area contributed by atoms with Crippen LogP contribution in [0, 0.1) is 5.82 Å². The molecule has 166 valence electrons. The monoisotopic (exact) mass is 435 g/mol. The van der Waals surface area contributed by atoms with Crippen molar-refractivity contribution >= 4 is 28.6 Å². The van der Waals surface area contributed by atoms with Gasteiger partial charge in [0.25, 0.3) is 5.91 Å². The SMILES string of the molecule is COCCCCn1c(C(=O)N(C(C)C)[C@@H]2CCCNC2)c(SC)c2cc(F)ccc21. The molecule has 0 aliphatic carbocycles. The van der Waals surface area contributed by atoms with Crippen LogP contribution in [0.15, 0.2) is 23.1 Å².